The van der Waals surface area contributed by atoms with Crippen LogP contribution in [0, 0.1) is 0 Å². The van der Waals surface area contributed by atoms with E-state index in [1.807, 2.05) is 4.68 Å². The van der Waals surface area contributed by atoms with Crippen molar-refractivity contribution in [2.45, 2.75) is 64.3 Å². The lowest BCUT2D eigenvalue weighted by Gasteiger charge is -2.15. The fraction of sp³-hybridized carbons (Fsp3) is 0.769. The predicted octanol–water partition coefficient (Wildman–Crippen LogP) is 3.11. The molecule has 1 heterocycles. The van der Waals surface area contributed by atoms with E-state index in [2.05, 4.69) is 24.2 Å². The number of hydrogen-bond acceptors (Lipinski definition) is 3. The quantitative estimate of drug-likeness (QED) is 0.597. The number of aldehydes is 1. The molecule has 1 saturated carbocycles. The van der Waals surface area contributed by atoms with E-state index in [0.717, 1.165) is 24.8 Å². The second-order valence-electron chi connectivity index (χ2n) is 5.22. The van der Waals surface area contributed by atoms with E-state index in [4.69, 9.17) is 0 Å². The number of carbonyl (C=O) groups is 1. The third-order valence-corrected chi connectivity index (χ3v) is 3.59. The molecule has 0 bridgehead atoms. The zero-order valence-electron chi connectivity index (χ0n) is 10.7. The van der Waals surface area contributed by atoms with Crippen LogP contribution >= 0.6 is 0 Å². The largest absolute Gasteiger partial charge is 0.296 e. The Labute approximate surface area is 102 Å². The van der Waals surface area contributed by atoms with Crippen molar-refractivity contribution < 1.29 is 4.79 Å². The fourth-order valence-corrected chi connectivity index (χ4v) is 2.61. The number of nitrogens with zero attached hydrogens (tertiary/aromatic N) is 3. The van der Waals surface area contributed by atoms with Gasteiger partial charge in [0.05, 0.1) is 11.7 Å². The summed E-state index contributed by atoms with van der Waals surface area (Å²) >= 11 is 0. The molecule has 1 aliphatic carbocycles. The van der Waals surface area contributed by atoms with Crippen molar-refractivity contribution in [3.8, 4) is 0 Å². The van der Waals surface area contributed by atoms with Crippen LogP contribution in [0.3, 0.4) is 0 Å². The Morgan fingerprint density at radius 2 is 1.88 bits per heavy atom. The van der Waals surface area contributed by atoms with E-state index in [1.165, 1.54) is 25.7 Å². The summed E-state index contributed by atoms with van der Waals surface area (Å²) < 4.78 is 1.87. The van der Waals surface area contributed by atoms with Crippen molar-refractivity contribution in [2.75, 3.05) is 0 Å². The molecule has 2 rings (SSSR count). The summed E-state index contributed by atoms with van der Waals surface area (Å²) in [5, 5.41) is 8.38. The van der Waals surface area contributed by atoms with E-state index in [9.17, 15) is 4.79 Å². The van der Waals surface area contributed by atoms with Crippen LogP contribution < -0.4 is 0 Å². The summed E-state index contributed by atoms with van der Waals surface area (Å²) in [6.07, 6.45) is 8.25. The third kappa shape index (κ3) is 2.56. The van der Waals surface area contributed by atoms with Gasteiger partial charge in [0.2, 0.25) is 0 Å². The van der Waals surface area contributed by atoms with Gasteiger partial charge in [0.1, 0.15) is 5.69 Å². The van der Waals surface area contributed by atoms with Crippen LogP contribution in [0.4, 0.5) is 0 Å². The van der Waals surface area contributed by atoms with Crippen molar-refractivity contribution in [3.05, 3.63) is 11.4 Å². The molecule has 0 N–H and O–H groups in total. The van der Waals surface area contributed by atoms with E-state index >= 15 is 0 Å². The van der Waals surface area contributed by atoms with Crippen molar-refractivity contribution in [1.29, 1.82) is 0 Å². The lowest BCUT2D eigenvalue weighted by molar-refractivity contribution is 0.111. The predicted molar refractivity (Wildman–Crippen MR) is 66.2 cm³/mol. The van der Waals surface area contributed by atoms with E-state index < -0.39 is 0 Å². The number of carbonyl (C=O) groups excluding carboxylic acids is 1. The standard InChI is InChI=1S/C13H21N3O/c1-10(2)13-12(9-17)16(15-14-13)11-7-5-3-4-6-8-11/h9-11H,3-8H2,1-2H3. The first-order valence-electron chi connectivity index (χ1n) is 6.64. The Kier molecular flexibility index (Phi) is 3.92. The molecule has 0 saturated heterocycles. The van der Waals surface area contributed by atoms with Crippen molar-refractivity contribution >= 4 is 6.29 Å². The number of aromatic nitrogens is 3. The molecule has 0 spiro atoms. The third-order valence-electron chi connectivity index (χ3n) is 3.59. The average molecular weight is 235 g/mol. The van der Waals surface area contributed by atoms with Gasteiger partial charge in [-0.2, -0.15) is 0 Å². The highest BCUT2D eigenvalue weighted by atomic mass is 16.1. The van der Waals surface area contributed by atoms with E-state index in [-0.39, 0.29) is 5.92 Å². The molecule has 1 fully saturated rings. The molecule has 0 radical (unpaired) electrons. The minimum absolute atomic E-state index is 0.259. The van der Waals surface area contributed by atoms with Gasteiger partial charge in [-0.3, -0.25) is 4.79 Å². The maximum Gasteiger partial charge on any atom is 0.170 e. The average Bonchev–Trinajstić information content (AvgIpc) is 2.56. The monoisotopic (exact) mass is 235 g/mol. The van der Waals surface area contributed by atoms with Gasteiger partial charge >= 0.3 is 0 Å². The van der Waals surface area contributed by atoms with Crippen LogP contribution in [0.25, 0.3) is 0 Å². The van der Waals surface area contributed by atoms with Crippen LogP contribution in [0.1, 0.15) is 80.5 Å². The van der Waals surface area contributed by atoms with Gasteiger partial charge in [-0.15, -0.1) is 5.10 Å². The highest BCUT2D eigenvalue weighted by Crippen LogP contribution is 2.28. The van der Waals surface area contributed by atoms with Gasteiger partial charge in [-0.25, -0.2) is 4.68 Å². The molecule has 1 aliphatic rings. The highest BCUT2D eigenvalue weighted by molar-refractivity contribution is 5.74. The molecule has 0 atom stereocenters. The normalized spacial score (nSPS) is 18.3. The molecule has 4 nitrogen and oxygen atoms in total. The molecular formula is C13H21N3O. The van der Waals surface area contributed by atoms with Crippen LogP contribution in [0.5, 0.6) is 0 Å². The minimum Gasteiger partial charge on any atom is -0.296 e. The van der Waals surface area contributed by atoms with Crippen molar-refractivity contribution in [2.24, 2.45) is 0 Å². The van der Waals surface area contributed by atoms with Gasteiger partial charge in [-0.1, -0.05) is 44.7 Å². The summed E-state index contributed by atoms with van der Waals surface area (Å²) in [6, 6.07) is 0.373. The van der Waals surface area contributed by atoms with Crippen LogP contribution in [-0.2, 0) is 0 Å². The summed E-state index contributed by atoms with van der Waals surface area (Å²) in [6.45, 7) is 4.10. The van der Waals surface area contributed by atoms with E-state index in [0.29, 0.717) is 11.7 Å². The molecule has 0 aromatic carbocycles. The number of hydrogen-bond donors (Lipinski definition) is 0. The Morgan fingerprint density at radius 1 is 1.24 bits per heavy atom. The number of rotatable bonds is 3. The van der Waals surface area contributed by atoms with Gasteiger partial charge < -0.3 is 0 Å². The summed E-state index contributed by atoms with van der Waals surface area (Å²) in [4.78, 5) is 11.2. The topological polar surface area (TPSA) is 47.8 Å². The molecule has 0 amide bonds. The molecule has 1 aromatic rings. The Morgan fingerprint density at radius 3 is 2.41 bits per heavy atom. The van der Waals surface area contributed by atoms with Crippen LogP contribution in [-0.4, -0.2) is 21.3 Å². The zero-order chi connectivity index (χ0) is 12.3. The van der Waals surface area contributed by atoms with Crippen LogP contribution in [0.2, 0.25) is 0 Å². The molecule has 0 unspecified atom stereocenters. The van der Waals surface area contributed by atoms with E-state index in [1.54, 1.807) is 0 Å². The van der Waals surface area contributed by atoms with Crippen LogP contribution in [0.15, 0.2) is 0 Å². The summed E-state index contributed by atoms with van der Waals surface area (Å²) in [5.41, 5.74) is 1.52. The Bertz CT molecular complexity index is 376. The minimum atomic E-state index is 0.259. The maximum atomic E-state index is 11.2. The molecule has 0 aliphatic heterocycles. The van der Waals surface area contributed by atoms with Crippen molar-refractivity contribution in [3.63, 3.8) is 0 Å². The summed E-state index contributed by atoms with van der Waals surface area (Å²) in [7, 11) is 0. The fourth-order valence-electron chi connectivity index (χ4n) is 2.61. The first-order valence-corrected chi connectivity index (χ1v) is 6.64. The smallest absolute Gasteiger partial charge is 0.170 e. The maximum absolute atomic E-state index is 11.2. The zero-order valence-corrected chi connectivity index (χ0v) is 10.7. The van der Waals surface area contributed by atoms with Crippen molar-refractivity contribution in [1.82, 2.24) is 15.0 Å². The molecule has 1 aromatic heterocycles. The second kappa shape index (κ2) is 5.43. The summed E-state index contributed by atoms with van der Waals surface area (Å²) in [5.74, 6) is 0.259. The second-order valence-corrected chi connectivity index (χ2v) is 5.22. The molecule has 17 heavy (non-hydrogen) atoms. The van der Waals surface area contributed by atoms with Gasteiger partial charge in [-0.05, 0) is 18.8 Å². The molecule has 4 heteroatoms. The first-order chi connectivity index (χ1) is 8.24. The Balaban J connectivity index is 2.27. The van der Waals surface area contributed by atoms with Gasteiger partial charge in [0.15, 0.2) is 6.29 Å². The SMILES string of the molecule is CC(C)c1nnn(C2CCCCCC2)c1C=O. The highest BCUT2D eigenvalue weighted by Gasteiger charge is 2.22. The Hall–Kier alpha value is -1.19. The first kappa shape index (κ1) is 12.3. The van der Waals surface area contributed by atoms with Gasteiger partial charge in [0.25, 0.3) is 0 Å². The molecular weight excluding hydrogens is 214 g/mol. The lowest BCUT2D eigenvalue weighted by atomic mass is 10.1. The lowest BCUT2D eigenvalue weighted by Crippen LogP contribution is -2.13. The molecule has 94 valence electrons. The van der Waals surface area contributed by atoms with Gasteiger partial charge in [0, 0.05) is 0 Å².